The maximum absolute atomic E-state index is 13.4. The molecule has 0 saturated carbocycles. The number of H-pyrrole nitrogens is 1. The van der Waals surface area contributed by atoms with E-state index in [0.717, 1.165) is 16.6 Å². The highest BCUT2D eigenvalue weighted by Gasteiger charge is 2.08. The number of para-hydroxylation sites is 1. The van der Waals surface area contributed by atoms with E-state index in [9.17, 15) is 4.39 Å². The second-order valence-corrected chi connectivity index (χ2v) is 5.68. The molecule has 1 aromatic heterocycles. The lowest BCUT2D eigenvalue weighted by Gasteiger charge is -2.06. The standard InChI is InChI=1S/C15H11BrClFN2/c16-11-6-5-9(7-12(11)18)19-8-14-15(17)10-3-1-2-4-13(10)20-14/h1-7,19-20H,8H2. The number of anilines is 1. The van der Waals surface area contributed by atoms with Gasteiger partial charge in [-0.3, -0.25) is 0 Å². The van der Waals surface area contributed by atoms with Gasteiger partial charge >= 0.3 is 0 Å². The van der Waals surface area contributed by atoms with Crippen LogP contribution in [0.15, 0.2) is 46.9 Å². The Morgan fingerprint density at radius 3 is 2.75 bits per heavy atom. The first-order valence-corrected chi connectivity index (χ1v) is 7.26. The third-order valence-electron chi connectivity index (χ3n) is 3.10. The van der Waals surface area contributed by atoms with Gasteiger partial charge in [0.25, 0.3) is 0 Å². The zero-order chi connectivity index (χ0) is 14.1. The van der Waals surface area contributed by atoms with Crippen molar-refractivity contribution < 1.29 is 4.39 Å². The normalized spacial score (nSPS) is 10.9. The summed E-state index contributed by atoms with van der Waals surface area (Å²) in [4.78, 5) is 3.26. The Morgan fingerprint density at radius 1 is 1.20 bits per heavy atom. The van der Waals surface area contributed by atoms with Crippen LogP contribution in [0.3, 0.4) is 0 Å². The van der Waals surface area contributed by atoms with E-state index in [2.05, 4.69) is 26.2 Å². The van der Waals surface area contributed by atoms with E-state index >= 15 is 0 Å². The van der Waals surface area contributed by atoms with E-state index in [1.54, 1.807) is 6.07 Å². The molecular formula is C15H11BrClFN2. The highest BCUT2D eigenvalue weighted by Crippen LogP contribution is 2.28. The van der Waals surface area contributed by atoms with Gasteiger partial charge in [-0.25, -0.2) is 4.39 Å². The van der Waals surface area contributed by atoms with Gasteiger partial charge in [-0.2, -0.15) is 0 Å². The van der Waals surface area contributed by atoms with Crippen molar-refractivity contribution in [3.63, 3.8) is 0 Å². The van der Waals surface area contributed by atoms with Crippen molar-refractivity contribution in [3.8, 4) is 0 Å². The predicted molar refractivity (Wildman–Crippen MR) is 84.7 cm³/mol. The van der Waals surface area contributed by atoms with Crippen LogP contribution in [0.25, 0.3) is 10.9 Å². The molecule has 0 radical (unpaired) electrons. The lowest BCUT2D eigenvalue weighted by Crippen LogP contribution is -2.00. The highest BCUT2D eigenvalue weighted by atomic mass is 79.9. The number of nitrogens with one attached hydrogen (secondary N) is 2. The second kappa shape index (κ2) is 5.46. The summed E-state index contributed by atoms with van der Waals surface area (Å²) >= 11 is 9.46. The van der Waals surface area contributed by atoms with Crippen LogP contribution in [-0.4, -0.2) is 4.98 Å². The maximum atomic E-state index is 13.4. The Hall–Kier alpha value is -1.52. The monoisotopic (exact) mass is 352 g/mol. The quantitative estimate of drug-likeness (QED) is 0.654. The Labute approximate surface area is 129 Å². The number of rotatable bonds is 3. The lowest BCUT2D eigenvalue weighted by atomic mass is 10.2. The molecule has 0 bridgehead atoms. The summed E-state index contributed by atoms with van der Waals surface area (Å²) in [6.45, 7) is 0.509. The average molecular weight is 354 g/mol. The molecule has 20 heavy (non-hydrogen) atoms. The van der Waals surface area contributed by atoms with Gasteiger partial charge in [-0.05, 0) is 40.2 Å². The molecular weight excluding hydrogens is 343 g/mol. The van der Waals surface area contributed by atoms with E-state index in [-0.39, 0.29) is 5.82 Å². The molecule has 0 spiro atoms. The number of hydrogen-bond acceptors (Lipinski definition) is 1. The molecule has 1 heterocycles. The van der Waals surface area contributed by atoms with Crippen molar-refractivity contribution >= 4 is 44.1 Å². The van der Waals surface area contributed by atoms with Crippen LogP contribution in [0.2, 0.25) is 5.02 Å². The van der Waals surface area contributed by atoms with Crippen LogP contribution in [-0.2, 0) is 6.54 Å². The van der Waals surface area contributed by atoms with Gasteiger partial charge in [0.2, 0.25) is 0 Å². The van der Waals surface area contributed by atoms with Crippen LogP contribution in [0.1, 0.15) is 5.69 Å². The molecule has 0 aliphatic carbocycles. The second-order valence-electron chi connectivity index (χ2n) is 4.45. The third-order valence-corrected chi connectivity index (χ3v) is 4.18. The summed E-state index contributed by atoms with van der Waals surface area (Å²) < 4.78 is 13.9. The maximum Gasteiger partial charge on any atom is 0.139 e. The van der Waals surface area contributed by atoms with Crippen molar-refractivity contribution in [1.82, 2.24) is 4.98 Å². The summed E-state index contributed by atoms with van der Waals surface area (Å²) in [5, 5.41) is 4.85. The summed E-state index contributed by atoms with van der Waals surface area (Å²) in [6, 6.07) is 12.8. The van der Waals surface area contributed by atoms with Crippen LogP contribution < -0.4 is 5.32 Å². The number of halogens is 3. The molecule has 0 aliphatic heterocycles. The summed E-state index contributed by atoms with van der Waals surface area (Å²) in [5.74, 6) is -0.294. The highest BCUT2D eigenvalue weighted by molar-refractivity contribution is 9.10. The lowest BCUT2D eigenvalue weighted by molar-refractivity contribution is 0.621. The van der Waals surface area contributed by atoms with Crippen molar-refractivity contribution in [2.75, 3.05) is 5.32 Å². The van der Waals surface area contributed by atoms with Crippen molar-refractivity contribution in [2.24, 2.45) is 0 Å². The Morgan fingerprint density at radius 2 is 2.00 bits per heavy atom. The number of fused-ring (bicyclic) bond motifs is 1. The molecule has 0 saturated heterocycles. The largest absolute Gasteiger partial charge is 0.379 e. The molecule has 0 aliphatic rings. The number of benzene rings is 2. The van der Waals surface area contributed by atoms with Gasteiger partial charge in [0.15, 0.2) is 0 Å². The fraction of sp³-hybridized carbons (Fsp3) is 0.0667. The van der Waals surface area contributed by atoms with Crippen LogP contribution in [0, 0.1) is 5.82 Å². The van der Waals surface area contributed by atoms with Crippen LogP contribution >= 0.6 is 27.5 Å². The van der Waals surface area contributed by atoms with E-state index in [1.165, 1.54) is 6.07 Å². The van der Waals surface area contributed by atoms with Gasteiger partial charge in [-0.1, -0.05) is 29.8 Å². The predicted octanol–water partition coefficient (Wildman–Crippen LogP) is 5.34. The van der Waals surface area contributed by atoms with Crippen LogP contribution in [0.4, 0.5) is 10.1 Å². The van der Waals surface area contributed by atoms with Gasteiger partial charge in [-0.15, -0.1) is 0 Å². The first kappa shape index (κ1) is 13.5. The number of hydrogen-bond donors (Lipinski definition) is 2. The Balaban J connectivity index is 1.83. The zero-order valence-corrected chi connectivity index (χ0v) is 12.7. The van der Waals surface area contributed by atoms with E-state index in [0.29, 0.717) is 21.7 Å². The first-order chi connectivity index (χ1) is 9.65. The van der Waals surface area contributed by atoms with Crippen molar-refractivity contribution in [1.29, 1.82) is 0 Å². The van der Waals surface area contributed by atoms with Gasteiger partial charge < -0.3 is 10.3 Å². The fourth-order valence-electron chi connectivity index (χ4n) is 2.08. The molecule has 3 rings (SSSR count). The average Bonchev–Trinajstić information content (AvgIpc) is 2.77. The smallest absolute Gasteiger partial charge is 0.139 e. The van der Waals surface area contributed by atoms with Crippen LogP contribution in [0.5, 0.6) is 0 Å². The van der Waals surface area contributed by atoms with E-state index < -0.39 is 0 Å². The molecule has 0 atom stereocenters. The summed E-state index contributed by atoms with van der Waals surface area (Å²) in [7, 11) is 0. The molecule has 0 amide bonds. The molecule has 0 fully saturated rings. The summed E-state index contributed by atoms with van der Waals surface area (Å²) in [5.41, 5.74) is 2.59. The van der Waals surface area contributed by atoms with Crippen molar-refractivity contribution in [2.45, 2.75) is 6.54 Å². The third kappa shape index (κ3) is 2.53. The first-order valence-electron chi connectivity index (χ1n) is 6.09. The minimum absolute atomic E-state index is 0.294. The zero-order valence-electron chi connectivity index (χ0n) is 10.4. The molecule has 2 N–H and O–H groups in total. The van der Waals surface area contributed by atoms with Gasteiger partial charge in [0.05, 0.1) is 21.7 Å². The van der Waals surface area contributed by atoms with Crippen molar-refractivity contribution in [3.05, 3.63) is 63.5 Å². The molecule has 5 heteroatoms. The van der Waals surface area contributed by atoms with E-state index in [4.69, 9.17) is 11.6 Å². The molecule has 2 aromatic carbocycles. The fourth-order valence-corrected chi connectivity index (χ4v) is 2.61. The number of aromatic amines is 1. The Bertz CT molecular complexity index is 770. The molecule has 3 aromatic rings. The molecule has 0 unspecified atom stereocenters. The number of aromatic nitrogens is 1. The topological polar surface area (TPSA) is 27.8 Å². The molecule has 102 valence electrons. The molecule has 2 nitrogen and oxygen atoms in total. The summed E-state index contributed by atoms with van der Waals surface area (Å²) in [6.07, 6.45) is 0. The van der Waals surface area contributed by atoms with Gasteiger partial charge in [0, 0.05) is 16.6 Å². The minimum Gasteiger partial charge on any atom is -0.379 e. The van der Waals surface area contributed by atoms with E-state index in [1.807, 2.05) is 30.3 Å². The Kier molecular flexibility index (Phi) is 3.68. The SMILES string of the molecule is Fc1cc(NCc2[nH]c3ccccc3c2Cl)ccc1Br. The minimum atomic E-state index is -0.294. The van der Waals surface area contributed by atoms with Gasteiger partial charge in [0.1, 0.15) is 5.82 Å².